The largest absolute Gasteiger partial charge is 0.389 e. The summed E-state index contributed by atoms with van der Waals surface area (Å²) in [5.74, 6) is 8.98. The number of rotatable bonds is 9. The predicted octanol–water partition coefficient (Wildman–Crippen LogP) is 13.8. The molecule has 468 valence electrons. The Balaban J connectivity index is 0.000000128. The third-order valence-electron chi connectivity index (χ3n) is 20.8. The number of hydrogen-bond acceptors (Lipinski definition) is 12. The molecule has 0 amide bonds. The second-order valence-electron chi connectivity index (χ2n) is 25.0. The van der Waals surface area contributed by atoms with Gasteiger partial charge in [-0.1, -0.05) is 97.7 Å². The Hall–Kier alpha value is -10.1. The molecule has 15 rings (SSSR count). The number of pyridine rings is 3. The molecule has 6 atom stereocenters. The number of aryl methyl sites for hydroxylation is 1. The Bertz CT molecular complexity index is 4660. The first-order chi connectivity index (χ1) is 45.7. The van der Waals surface area contributed by atoms with Crippen molar-refractivity contribution in [1.29, 1.82) is 15.8 Å². The monoisotopic (exact) mass is 1300 g/mol. The van der Waals surface area contributed by atoms with Gasteiger partial charge in [-0.05, 0) is 213 Å². The normalized spacial score (nSPS) is 23.6. The minimum absolute atomic E-state index is 0.273. The van der Waals surface area contributed by atoms with Gasteiger partial charge in [0, 0.05) is 44.9 Å². The lowest BCUT2D eigenvalue weighted by Crippen LogP contribution is -2.47. The molecule has 0 aliphatic heterocycles. The zero-order chi connectivity index (χ0) is 65.7. The summed E-state index contributed by atoms with van der Waals surface area (Å²) in [5, 5.41) is 75.7. The number of nitrogens with zero attached hydrogens (tertiary/aromatic N) is 12. The van der Waals surface area contributed by atoms with Crippen LogP contribution in [0.3, 0.4) is 0 Å². The van der Waals surface area contributed by atoms with E-state index in [4.69, 9.17) is 11.7 Å². The van der Waals surface area contributed by atoms with E-state index in [9.17, 15) is 25.8 Å². The van der Waals surface area contributed by atoms with Crippen molar-refractivity contribution in [3.63, 3.8) is 0 Å². The smallest absolute Gasteiger partial charge is 0.135 e. The number of terminal acetylenes is 1. The van der Waals surface area contributed by atoms with Crippen molar-refractivity contribution < 1.29 is 15.3 Å². The van der Waals surface area contributed by atoms with E-state index in [0.29, 0.717) is 54.4 Å². The number of aromatic nitrogens is 9. The first kappa shape index (κ1) is 64.0. The summed E-state index contributed by atoms with van der Waals surface area (Å²) in [4.78, 5) is 12.6. The van der Waals surface area contributed by atoms with Crippen molar-refractivity contribution in [2.24, 2.45) is 16.2 Å². The van der Waals surface area contributed by atoms with Crippen LogP contribution >= 0.6 is 15.9 Å². The standard InChI is InChI=1S/C26H26N4O.C26H22N4O.C19H19N3O.C7H4BrN/c2*1-2-25-15-21-17-29-30(23-8-5-13-28-18-23)24(21)14-22(25)10-12-26(25,31)11-9-19-6-3-4-7-20(19)16-27;1-3-18-11-14-12-21-22(16-6-5-9-20-13-16)17(14)10-15(18)7-8-19(18,23)4-2;8-7-4-2-1-3-6(7)5-9/h3-8,13-14,17-18,31H,2,9-12,15H2,1H3;3-8,13-14,17-18,31H,2,10,12,15H2,1H3;2,5-6,9-10,12-13,23H,3,7-8,11H2,1H3;1-4H/t2*25-,26-;18-,19-;/m000./s1. The van der Waals surface area contributed by atoms with Crippen LogP contribution in [0.4, 0.5) is 0 Å². The predicted molar refractivity (Wildman–Crippen MR) is 365 cm³/mol. The van der Waals surface area contributed by atoms with Gasteiger partial charge >= 0.3 is 0 Å². The Labute approximate surface area is 557 Å². The van der Waals surface area contributed by atoms with Crippen molar-refractivity contribution in [3.8, 4) is 59.5 Å². The van der Waals surface area contributed by atoms with Crippen LogP contribution in [-0.4, -0.2) is 76.4 Å². The highest BCUT2D eigenvalue weighted by molar-refractivity contribution is 9.10. The van der Waals surface area contributed by atoms with Crippen LogP contribution in [0.5, 0.6) is 0 Å². The molecular formula is C78H71BrN12O3. The molecule has 16 heteroatoms. The topological polar surface area (TPSA) is 224 Å². The van der Waals surface area contributed by atoms with Crippen molar-refractivity contribution >= 4 is 34.2 Å². The molecule has 3 fully saturated rings. The molecule has 0 spiro atoms. The highest BCUT2D eigenvalue weighted by atomic mass is 79.9. The van der Waals surface area contributed by atoms with Crippen molar-refractivity contribution in [1.82, 2.24) is 44.3 Å². The molecule has 6 heterocycles. The molecule has 15 nitrogen and oxygen atoms in total. The summed E-state index contributed by atoms with van der Waals surface area (Å²) < 4.78 is 6.64. The molecule has 3 saturated carbocycles. The SMILES string of the molecule is C#C[C@]1(O)CCC2=Cc3c(cnn3-c3cccnc3)C[C@@]21CC.CC[C@]12Cc3cnn(-c4cccnc4)c3C=C1CC[C@@]2(O)C#Cc1ccccc1C#N.CC[C@]12Cc3cnn(-c4cccnc4)c3C=C1CC[C@@]2(O)CCc1ccccc1C#N.N#Cc1ccccc1Br. The van der Waals surface area contributed by atoms with Gasteiger partial charge in [0.25, 0.3) is 0 Å². The van der Waals surface area contributed by atoms with Crippen LogP contribution < -0.4 is 0 Å². The van der Waals surface area contributed by atoms with Gasteiger partial charge in [0.2, 0.25) is 0 Å². The van der Waals surface area contributed by atoms with Crippen molar-refractivity contribution in [2.75, 3.05) is 0 Å². The maximum absolute atomic E-state index is 12.0. The lowest BCUT2D eigenvalue weighted by molar-refractivity contribution is -0.0568. The minimum Gasteiger partial charge on any atom is -0.389 e. The molecule has 9 aromatic rings. The van der Waals surface area contributed by atoms with Gasteiger partial charge < -0.3 is 15.3 Å². The van der Waals surface area contributed by atoms with E-state index in [0.717, 1.165) is 113 Å². The number of fused-ring (bicyclic) bond motifs is 6. The zero-order valence-electron chi connectivity index (χ0n) is 52.9. The van der Waals surface area contributed by atoms with Crippen LogP contribution in [0, 0.1) is 74.4 Å². The van der Waals surface area contributed by atoms with E-state index in [1.807, 2.05) is 142 Å². The first-order valence-corrected chi connectivity index (χ1v) is 32.8. The average Bonchev–Trinajstić information content (AvgIpc) is 1.54. The lowest BCUT2D eigenvalue weighted by atomic mass is 9.63. The Morgan fingerprint density at radius 3 is 1.35 bits per heavy atom. The fourth-order valence-electron chi connectivity index (χ4n) is 15.6. The Morgan fingerprint density at radius 1 is 0.489 bits per heavy atom. The molecule has 0 saturated heterocycles. The van der Waals surface area contributed by atoms with E-state index < -0.39 is 22.2 Å². The van der Waals surface area contributed by atoms with E-state index in [1.165, 1.54) is 22.3 Å². The number of benzene rings is 3. The number of halogens is 1. The Morgan fingerprint density at radius 2 is 0.904 bits per heavy atom. The van der Waals surface area contributed by atoms with E-state index in [-0.39, 0.29) is 10.8 Å². The highest BCUT2D eigenvalue weighted by Gasteiger charge is 2.59. The molecule has 94 heavy (non-hydrogen) atoms. The minimum atomic E-state index is -1.15. The summed E-state index contributed by atoms with van der Waals surface area (Å²) >= 11 is 3.23. The van der Waals surface area contributed by atoms with Crippen LogP contribution in [0.1, 0.15) is 147 Å². The lowest BCUT2D eigenvalue weighted by Gasteiger charge is -2.45. The van der Waals surface area contributed by atoms with Gasteiger partial charge in [-0.2, -0.15) is 31.1 Å². The second kappa shape index (κ2) is 26.5. The van der Waals surface area contributed by atoms with Gasteiger partial charge in [0.1, 0.15) is 23.3 Å². The van der Waals surface area contributed by atoms with Gasteiger partial charge in [0.15, 0.2) is 0 Å². The molecule has 6 aromatic heterocycles. The summed E-state index contributed by atoms with van der Waals surface area (Å²) in [5.41, 5.74) is 12.8. The third-order valence-corrected chi connectivity index (χ3v) is 21.5. The Kier molecular flexibility index (Phi) is 18.0. The van der Waals surface area contributed by atoms with Gasteiger partial charge in [0.05, 0.1) is 99.7 Å². The molecule has 3 aromatic carbocycles. The van der Waals surface area contributed by atoms with Gasteiger partial charge in [-0.25, -0.2) is 14.0 Å². The van der Waals surface area contributed by atoms with E-state index >= 15 is 0 Å². The highest BCUT2D eigenvalue weighted by Crippen LogP contribution is 2.61. The van der Waals surface area contributed by atoms with Crippen molar-refractivity contribution in [2.45, 2.75) is 127 Å². The summed E-state index contributed by atoms with van der Waals surface area (Å²) in [6.07, 6.45) is 39.3. The summed E-state index contributed by atoms with van der Waals surface area (Å²) in [7, 11) is 0. The first-order valence-electron chi connectivity index (χ1n) is 32.0. The molecule has 0 radical (unpaired) electrons. The van der Waals surface area contributed by atoms with Crippen LogP contribution in [0.25, 0.3) is 35.3 Å². The van der Waals surface area contributed by atoms with E-state index in [1.54, 1.807) is 43.1 Å². The molecule has 0 unspecified atom stereocenters. The number of hydrogen-bond donors (Lipinski definition) is 3. The summed E-state index contributed by atoms with van der Waals surface area (Å²) in [6, 6.07) is 40.6. The quantitative estimate of drug-likeness (QED) is 0.115. The van der Waals surface area contributed by atoms with E-state index in [2.05, 4.69) is 115 Å². The molecule has 6 aliphatic rings. The number of aliphatic hydroxyl groups is 3. The maximum Gasteiger partial charge on any atom is 0.135 e. The van der Waals surface area contributed by atoms with Crippen molar-refractivity contribution in [3.05, 3.63) is 248 Å². The molecule has 6 aliphatic carbocycles. The second-order valence-corrected chi connectivity index (χ2v) is 25.9. The van der Waals surface area contributed by atoms with Crippen LogP contribution in [0.15, 0.2) is 186 Å². The van der Waals surface area contributed by atoms with Gasteiger partial charge in [-0.3, -0.25) is 15.0 Å². The van der Waals surface area contributed by atoms with Crippen LogP contribution in [-0.2, 0) is 25.7 Å². The van der Waals surface area contributed by atoms with Crippen LogP contribution in [0.2, 0.25) is 0 Å². The number of nitriles is 3. The molecule has 3 N–H and O–H groups in total. The maximum atomic E-state index is 12.0. The zero-order valence-corrected chi connectivity index (χ0v) is 54.5. The fourth-order valence-corrected chi connectivity index (χ4v) is 15.9. The fraction of sp³-hybridized carbons (Fsp3) is 0.295. The third kappa shape index (κ3) is 11.3. The van der Waals surface area contributed by atoms with Gasteiger partial charge in [-0.15, -0.1) is 6.42 Å². The average molecular weight is 1300 g/mol. The molecule has 0 bridgehead atoms. The molecular weight excluding hydrogens is 1230 g/mol. The summed E-state index contributed by atoms with van der Waals surface area (Å²) in [6.45, 7) is 6.41.